The average Bonchev–Trinajstić information content (AvgIpc) is 2.83. The Morgan fingerprint density at radius 3 is 2.74 bits per heavy atom. The van der Waals surface area contributed by atoms with E-state index in [4.69, 9.17) is 22.1 Å². The number of imidazole rings is 1. The van der Waals surface area contributed by atoms with Crippen molar-refractivity contribution >= 4 is 28.6 Å². The summed E-state index contributed by atoms with van der Waals surface area (Å²) in [5.41, 5.74) is 6.37. The standard InChI is InChI=1S/C10H12ClN5O3/c1-3-5(17)6(18)9(19-3)16-8-4(15-10(16)11)7(12)13-2-14-8/h2-3,5-6,9,17-18H,1H3,(H2,12,13,14)/t3-,5?,6?,9-/m1/s1. The Morgan fingerprint density at radius 1 is 1.37 bits per heavy atom. The number of hydrogen-bond donors (Lipinski definition) is 3. The molecule has 1 aliphatic rings. The molecule has 1 aliphatic heterocycles. The summed E-state index contributed by atoms with van der Waals surface area (Å²) in [6.45, 7) is 1.66. The second-order valence-electron chi connectivity index (χ2n) is 4.39. The Labute approximate surface area is 112 Å². The van der Waals surface area contributed by atoms with Gasteiger partial charge in [-0.15, -0.1) is 0 Å². The number of nitrogen functional groups attached to an aromatic ring is 1. The lowest BCUT2D eigenvalue weighted by Gasteiger charge is -2.17. The second kappa shape index (κ2) is 4.27. The molecule has 0 saturated carbocycles. The van der Waals surface area contributed by atoms with Gasteiger partial charge in [-0.1, -0.05) is 0 Å². The molecule has 0 spiro atoms. The van der Waals surface area contributed by atoms with Gasteiger partial charge in [0.15, 0.2) is 23.2 Å². The molecule has 2 unspecified atom stereocenters. The molecule has 1 saturated heterocycles. The van der Waals surface area contributed by atoms with Crippen LogP contribution in [0.5, 0.6) is 0 Å². The van der Waals surface area contributed by atoms with Crippen LogP contribution >= 0.6 is 11.6 Å². The normalized spacial score (nSPS) is 31.2. The van der Waals surface area contributed by atoms with E-state index in [1.807, 2.05) is 0 Å². The summed E-state index contributed by atoms with van der Waals surface area (Å²) < 4.78 is 6.89. The van der Waals surface area contributed by atoms with E-state index in [1.165, 1.54) is 10.9 Å². The number of ether oxygens (including phenoxy) is 1. The van der Waals surface area contributed by atoms with Gasteiger partial charge in [0.05, 0.1) is 6.10 Å². The molecule has 0 amide bonds. The first-order valence-corrected chi connectivity index (χ1v) is 6.04. The summed E-state index contributed by atoms with van der Waals surface area (Å²) in [6.07, 6.45) is -2.24. The van der Waals surface area contributed by atoms with Crippen molar-refractivity contribution in [1.82, 2.24) is 19.5 Å². The maximum atomic E-state index is 10.00. The van der Waals surface area contributed by atoms with Crippen LogP contribution in [0.1, 0.15) is 13.2 Å². The third kappa shape index (κ3) is 1.76. The summed E-state index contributed by atoms with van der Waals surface area (Å²) >= 11 is 6.04. The molecule has 3 heterocycles. The molecule has 9 heteroatoms. The molecule has 19 heavy (non-hydrogen) atoms. The van der Waals surface area contributed by atoms with E-state index in [1.54, 1.807) is 6.92 Å². The fourth-order valence-electron chi connectivity index (χ4n) is 2.17. The molecular formula is C10H12ClN5O3. The number of hydrogen-bond acceptors (Lipinski definition) is 7. The van der Waals surface area contributed by atoms with Gasteiger partial charge < -0.3 is 20.7 Å². The lowest BCUT2D eigenvalue weighted by Crippen LogP contribution is -2.30. The molecule has 0 aromatic carbocycles. The molecule has 0 aliphatic carbocycles. The smallest absolute Gasteiger partial charge is 0.207 e. The zero-order chi connectivity index (χ0) is 13.7. The van der Waals surface area contributed by atoms with E-state index in [0.717, 1.165) is 0 Å². The van der Waals surface area contributed by atoms with Crippen LogP contribution in [0.15, 0.2) is 6.33 Å². The summed E-state index contributed by atoms with van der Waals surface area (Å²) in [7, 11) is 0. The van der Waals surface area contributed by atoms with Crippen molar-refractivity contribution in [3.63, 3.8) is 0 Å². The van der Waals surface area contributed by atoms with Crippen LogP contribution in [0.3, 0.4) is 0 Å². The van der Waals surface area contributed by atoms with Crippen LogP contribution in [0.25, 0.3) is 11.2 Å². The summed E-state index contributed by atoms with van der Waals surface area (Å²) in [5.74, 6) is 0.187. The van der Waals surface area contributed by atoms with E-state index < -0.39 is 24.5 Å². The number of halogens is 1. The minimum atomic E-state index is -1.12. The van der Waals surface area contributed by atoms with Crippen molar-refractivity contribution in [3.8, 4) is 0 Å². The largest absolute Gasteiger partial charge is 0.388 e. The quantitative estimate of drug-likeness (QED) is 0.615. The molecule has 1 fully saturated rings. The van der Waals surface area contributed by atoms with Crippen molar-refractivity contribution in [2.75, 3.05) is 5.73 Å². The lowest BCUT2D eigenvalue weighted by molar-refractivity contribution is -0.0297. The van der Waals surface area contributed by atoms with Crippen LogP contribution in [0.4, 0.5) is 5.82 Å². The third-order valence-electron chi connectivity index (χ3n) is 3.19. The minimum absolute atomic E-state index is 0.0625. The highest BCUT2D eigenvalue weighted by Crippen LogP contribution is 2.34. The molecule has 2 aromatic rings. The highest BCUT2D eigenvalue weighted by atomic mass is 35.5. The van der Waals surface area contributed by atoms with Gasteiger partial charge in [-0.25, -0.2) is 15.0 Å². The highest BCUT2D eigenvalue weighted by Gasteiger charge is 2.43. The van der Waals surface area contributed by atoms with E-state index in [2.05, 4.69) is 15.0 Å². The molecule has 0 bridgehead atoms. The second-order valence-corrected chi connectivity index (χ2v) is 4.73. The van der Waals surface area contributed by atoms with E-state index >= 15 is 0 Å². The zero-order valence-corrected chi connectivity index (χ0v) is 10.7. The predicted octanol–water partition coefficient (Wildman–Crippen LogP) is -0.299. The van der Waals surface area contributed by atoms with E-state index in [-0.39, 0.29) is 11.1 Å². The van der Waals surface area contributed by atoms with Gasteiger partial charge in [0.2, 0.25) is 5.28 Å². The average molecular weight is 286 g/mol. The summed E-state index contributed by atoms with van der Waals surface area (Å²) in [6, 6.07) is 0. The third-order valence-corrected chi connectivity index (χ3v) is 3.46. The first kappa shape index (κ1) is 12.5. The van der Waals surface area contributed by atoms with Gasteiger partial charge >= 0.3 is 0 Å². The molecule has 3 rings (SSSR count). The number of anilines is 1. The minimum Gasteiger partial charge on any atom is -0.388 e. The number of nitrogens with zero attached hydrogens (tertiary/aromatic N) is 4. The number of fused-ring (bicyclic) bond motifs is 1. The molecule has 4 atom stereocenters. The first-order chi connectivity index (χ1) is 9.00. The SMILES string of the molecule is C[C@H]1O[C@@H](n2c(Cl)nc3c(N)ncnc32)C(O)C1O. The first-order valence-electron chi connectivity index (χ1n) is 5.66. The Hall–Kier alpha value is -1.48. The molecule has 8 nitrogen and oxygen atoms in total. The van der Waals surface area contributed by atoms with Crippen LogP contribution < -0.4 is 5.73 Å². The number of nitrogens with two attached hydrogens (primary N) is 1. The molecule has 102 valence electrons. The van der Waals surface area contributed by atoms with E-state index in [0.29, 0.717) is 11.2 Å². The van der Waals surface area contributed by atoms with Crippen LogP contribution in [-0.4, -0.2) is 48.0 Å². The number of aliphatic hydroxyl groups is 2. The Bertz CT molecular complexity index is 633. The number of rotatable bonds is 1. The summed E-state index contributed by atoms with van der Waals surface area (Å²) in [4.78, 5) is 11.9. The topological polar surface area (TPSA) is 119 Å². The van der Waals surface area contributed by atoms with Gasteiger partial charge in [-0.3, -0.25) is 4.57 Å². The van der Waals surface area contributed by atoms with Gasteiger partial charge in [0, 0.05) is 0 Å². The number of aromatic nitrogens is 4. The maximum Gasteiger partial charge on any atom is 0.207 e. The van der Waals surface area contributed by atoms with Crippen molar-refractivity contribution in [2.24, 2.45) is 0 Å². The molecule has 2 aromatic heterocycles. The van der Waals surface area contributed by atoms with Crippen LogP contribution in [-0.2, 0) is 4.74 Å². The van der Waals surface area contributed by atoms with Crippen molar-refractivity contribution in [1.29, 1.82) is 0 Å². The summed E-state index contributed by atoms with van der Waals surface area (Å²) in [5, 5.41) is 19.8. The van der Waals surface area contributed by atoms with Gasteiger partial charge in [-0.05, 0) is 18.5 Å². The van der Waals surface area contributed by atoms with Crippen molar-refractivity contribution in [3.05, 3.63) is 11.6 Å². The Balaban J connectivity index is 2.16. The van der Waals surface area contributed by atoms with Crippen molar-refractivity contribution in [2.45, 2.75) is 31.5 Å². The fourth-order valence-corrected chi connectivity index (χ4v) is 2.43. The molecule has 4 N–H and O–H groups in total. The molecule has 0 radical (unpaired) electrons. The van der Waals surface area contributed by atoms with Gasteiger partial charge in [-0.2, -0.15) is 0 Å². The Morgan fingerprint density at radius 2 is 2.11 bits per heavy atom. The Kier molecular flexibility index (Phi) is 2.82. The molecular weight excluding hydrogens is 274 g/mol. The monoisotopic (exact) mass is 285 g/mol. The lowest BCUT2D eigenvalue weighted by atomic mass is 10.1. The fraction of sp³-hybridized carbons (Fsp3) is 0.500. The predicted molar refractivity (Wildman–Crippen MR) is 66.3 cm³/mol. The van der Waals surface area contributed by atoms with Crippen LogP contribution in [0, 0.1) is 0 Å². The zero-order valence-electron chi connectivity index (χ0n) is 9.93. The maximum absolute atomic E-state index is 10.00. The van der Waals surface area contributed by atoms with Crippen molar-refractivity contribution < 1.29 is 14.9 Å². The van der Waals surface area contributed by atoms with Gasteiger partial charge in [0.1, 0.15) is 18.5 Å². The van der Waals surface area contributed by atoms with E-state index in [9.17, 15) is 10.2 Å². The van der Waals surface area contributed by atoms with Gasteiger partial charge in [0.25, 0.3) is 0 Å². The highest BCUT2D eigenvalue weighted by molar-refractivity contribution is 6.29. The van der Waals surface area contributed by atoms with Crippen LogP contribution in [0.2, 0.25) is 5.28 Å². The number of aliphatic hydroxyl groups excluding tert-OH is 2.